The number of nitrogen functional groups attached to an aromatic ring is 1. The Hall–Kier alpha value is -2.47. The van der Waals surface area contributed by atoms with Crippen LogP contribution < -0.4 is 11.1 Å². The summed E-state index contributed by atoms with van der Waals surface area (Å²) < 4.78 is 37.8. The van der Waals surface area contributed by atoms with E-state index >= 15 is 0 Å². The third-order valence-corrected chi connectivity index (χ3v) is 3.58. The van der Waals surface area contributed by atoms with E-state index in [2.05, 4.69) is 15.3 Å². The number of hydrogen-bond acceptors (Lipinski definition) is 7. The van der Waals surface area contributed by atoms with Crippen molar-refractivity contribution in [3.63, 3.8) is 0 Å². The number of nitrogens with one attached hydrogen (secondary N) is 1. The lowest BCUT2D eigenvalue weighted by molar-refractivity contribution is -0.384. The molecule has 13 heteroatoms. The third kappa shape index (κ3) is 3.65. The van der Waals surface area contributed by atoms with Crippen molar-refractivity contribution in [1.29, 1.82) is 0 Å². The minimum Gasteiger partial charge on any atom is -0.378 e. The molecule has 0 saturated carbocycles. The molecule has 0 atom stereocenters. The normalized spacial score (nSPS) is 11.3. The van der Waals surface area contributed by atoms with Crippen LogP contribution in [0.15, 0.2) is 12.1 Å². The van der Waals surface area contributed by atoms with E-state index in [9.17, 15) is 28.1 Å². The van der Waals surface area contributed by atoms with Crippen LogP contribution in [0.2, 0.25) is 4.47 Å². The standard InChI is InChI=1S/C10H5ClF3N5O3S/c11-9-18-6(10(12,13)14)5(23-9)8(20)17-4-2-1-3(19(21)22)7(15)16-4/h1-2H,(H3,15,16,17,20). The number of alkyl halides is 3. The molecular weight excluding hydrogens is 363 g/mol. The highest BCUT2D eigenvalue weighted by Crippen LogP contribution is 2.36. The van der Waals surface area contributed by atoms with Gasteiger partial charge in [-0.15, -0.1) is 0 Å². The number of amides is 1. The van der Waals surface area contributed by atoms with Gasteiger partial charge in [-0.05, 0) is 6.07 Å². The Morgan fingerprint density at radius 2 is 2.04 bits per heavy atom. The highest BCUT2D eigenvalue weighted by atomic mass is 35.5. The molecule has 0 radical (unpaired) electrons. The number of nitrogens with two attached hydrogens (primary N) is 1. The summed E-state index contributed by atoms with van der Waals surface area (Å²) in [6, 6.07) is 1.99. The molecule has 0 aliphatic heterocycles. The molecule has 0 unspecified atom stereocenters. The van der Waals surface area contributed by atoms with Gasteiger partial charge in [-0.1, -0.05) is 22.9 Å². The fourth-order valence-corrected chi connectivity index (χ4v) is 2.53. The number of nitro groups is 1. The molecule has 0 bridgehead atoms. The van der Waals surface area contributed by atoms with Crippen molar-refractivity contribution in [2.75, 3.05) is 11.1 Å². The lowest BCUT2D eigenvalue weighted by Crippen LogP contribution is -2.18. The maximum Gasteiger partial charge on any atom is 0.435 e. The van der Waals surface area contributed by atoms with Gasteiger partial charge in [0.25, 0.3) is 5.91 Å². The van der Waals surface area contributed by atoms with Gasteiger partial charge in [0.05, 0.1) is 4.92 Å². The van der Waals surface area contributed by atoms with Crippen LogP contribution in [0.25, 0.3) is 0 Å². The topological polar surface area (TPSA) is 124 Å². The zero-order valence-corrected chi connectivity index (χ0v) is 12.3. The lowest BCUT2D eigenvalue weighted by atomic mass is 10.3. The molecule has 0 aliphatic carbocycles. The number of hydrogen-bond donors (Lipinski definition) is 2. The van der Waals surface area contributed by atoms with Crippen molar-refractivity contribution in [3.8, 4) is 0 Å². The van der Waals surface area contributed by atoms with Crippen LogP contribution in [0.1, 0.15) is 15.4 Å². The second kappa shape index (κ2) is 5.96. The largest absolute Gasteiger partial charge is 0.435 e. The molecule has 2 aromatic heterocycles. The molecule has 8 nitrogen and oxygen atoms in total. The number of halogens is 4. The number of carbonyl (C=O) groups is 1. The van der Waals surface area contributed by atoms with Crippen LogP contribution in [0, 0.1) is 10.1 Å². The number of carbonyl (C=O) groups excluding carboxylic acids is 1. The molecule has 2 aromatic rings. The van der Waals surface area contributed by atoms with Gasteiger partial charge in [-0.2, -0.15) is 13.2 Å². The Bertz CT molecular complexity index is 795. The number of pyridine rings is 1. The van der Waals surface area contributed by atoms with Crippen molar-refractivity contribution in [2.45, 2.75) is 6.18 Å². The maximum absolute atomic E-state index is 12.8. The summed E-state index contributed by atoms with van der Waals surface area (Å²) in [5.74, 6) is -1.91. The average Bonchev–Trinajstić information content (AvgIpc) is 2.80. The zero-order valence-electron chi connectivity index (χ0n) is 10.7. The van der Waals surface area contributed by atoms with Crippen molar-refractivity contribution in [2.24, 2.45) is 0 Å². The highest BCUT2D eigenvalue weighted by Gasteiger charge is 2.39. The molecule has 0 aromatic carbocycles. The third-order valence-electron chi connectivity index (χ3n) is 2.42. The molecule has 23 heavy (non-hydrogen) atoms. The van der Waals surface area contributed by atoms with Gasteiger partial charge < -0.3 is 11.1 Å². The Morgan fingerprint density at radius 3 is 2.57 bits per heavy atom. The fraction of sp³-hybridized carbons (Fsp3) is 0.100. The Balaban J connectivity index is 2.30. The van der Waals surface area contributed by atoms with E-state index < -0.39 is 43.5 Å². The van der Waals surface area contributed by atoms with Crippen molar-refractivity contribution in [1.82, 2.24) is 9.97 Å². The van der Waals surface area contributed by atoms with Gasteiger partial charge in [-0.3, -0.25) is 14.9 Å². The summed E-state index contributed by atoms with van der Waals surface area (Å²) in [5, 5.41) is 12.6. The molecular formula is C10H5ClF3N5O3S. The van der Waals surface area contributed by atoms with Gasteiger partial charge in [0.1, 0.15) is 10.7 Å². The first-order valence-electron chi connectivity index (χ1n) is 5.55. The minimum atomic E-state index is -4.86. The molecule has 2 heterocycles. The zero-order chi connectivity index (χ0) is 17.4. The summed E-state index contributed by atoms with van der Waals surface area (Å²) in [4.78, 5) is 27.5. The van der Waals surface area contributed by atoms with Gasteiger partial charge in [0.2, 0.25) is 5.82 Å². The van der Waals surface area contributed by atoms with Crippen LogP contribution in [-0.2, 0) is 6.18 Å². The first kappa shape index (κ1) is 16.9. The Labute approximate surface area is 134 Å². The van der Waals surface area contributed by atoms with Crippen LogP contribution in [0.4, 0.5) is 30.5 Å². The van der Waals surface area contributed by atoms with Gasteiger partial charge in [0, 0.05) is 6.07 Å². The average molecular weight is 368 g/mol. The molecule has 122 valence electrons. The summed E-state index contributed by atoms with van der Waals surface area (Å²) in [5.41, 5.74) is 3.39. The summed E-state index contributed by atoms with van der Waals surface area (Å²) >= 11 is 5.75. The molecule has 3 N–H and O–H groups in total. The van der Waals surface area contributed by atoms with Crippen molar-refractivity contribution in [3.05, 3.63) is 37.3 Å². The van der Waals surface area contributed by atoms with Gasteiger partial charge in [0.15, 0.2) is 10.2 Å². The maximum atomic E-state index is 12.8. The van der Waals surface area contributed by atoms with Gasteiger partial charge in [-0.25, -0.2) is 9.97 Å². The van der Waals surface area contributed by atoms with E-state index in [1.54, 1.807) is 0 Å². The van der Waals surface area contributed by atoms with Crippen molar-refractivity contribution >= 4 is 46.2 Å². The highest BCUT2D eigenvalue weighted by molar-refractivity contribution is 7.17. The second-order valence-corrected chi connectivity index (χ2v) is 5.54. The van der Waals surface area contributed by atoms with Crippen LogP contribution in [-0.4, -0.2) is 20.8 Å². The van der Waals surface area contributed by atoms with Crippen LogP contribution >= 0.6 is 22.9 Å². The Morgan fingerprint density at radius 1 is 1.39 bits per heavy atom. The molecule has 0 fully saturated rings. The predicted octanol–water partition coefficient (Wildman–Crippen LogP) is 2.95. The van der Waals surface area contributed by atoms with Crippen LogP contribution in [0.5, 0.6) is 0 Å². The first-order chi connectivity index (χ1) is 10.6. The smallest absolute Gasteiger partial charge is 0.378 e. The molecule has 0 saturated heterocycles. The quantitative estimate of drug-likeness (QED) is 0.634. The fourth-order valence-electron chi connectivity index (χ4n) is 1.50. The van der Waals surface area contributed by atoms with Crippen molar-refractivity contribution < 1.29 is 22.9 Å². The van der Waals surface area contributed by atoms with E-state index in [4.69, 9.17) is 17.3 Å². The number of nitrogens with zero attached hydrogens (tertiary/aromatic N) is 3. The van der Waals surface area contributed by atoms with E-state index in [-0.39, 0.29) is 5.82 Å². The second-order valence-electron chi connectivity index (χ2n) is 3.95. The van der Waals surface area contributed by atoms with E-state index in [0.717, 1.165) is 12.1 Å². The SMILES string of the molecule is Nc1nc(NC(=O)c2sc(Cl)nc2C(F)(F)F)ccc1[N+](=O)[O-]. The molecule has 2 rings (SSSR count). The summed E-state index contributed by atoms with van der Waals surface area (Å²) in [6.07, 6.45) is -4.86. The number of anilines is 2. The first-order valence-corrected chi connectivity index (χ1v) is 6.75. The van der Waals surface area contributed by atoms with E-state index in [1.165, 1.54) is 0 Å². The predicted molar refractivity (Wildman–Crippen MR) is 75.4 cm³/mol. The lowest BCUT2D eigenvalue weighted by Gasteiger charge is -2.07. The Kier molecular flexibility index (Phi) is 4.38. The summed E-state index contributed by atoms with van der Waals surface area (Å²) in [7, 11) is 0. The molecule has 1 amide bonds. The monoisotopic (exact) mass is 367 g/mol. The van der Waals surface area contributed by atoms with E-state index in [0.29, 0.717) is 11.3 Å². The molecule has 0 spiro atoms. The number of aromatic nitrogens is 2. The minimum absolute atomic E-state index is 0.254. The van der Waals surface area contributed by atoms with Crippen LogP contribution in [0.3, 0.4) is 0 Å². The number of thiazole rings is 1. The van der Waals surface area contributed by atoms with Gasteiger partial charge >= 0.3 is 11.9 Å². The summed E-state index contributed by atoms with van der Waals surface area (Å²) in [6.45, 7) is 0. The molecule has 0 aliphatic rings. The van der Waals surface area contributed by atoms with E-state index in [1.807, 2.05) is 0 Å². The number of rotatable bonds is 3.